The third kappa shape index (κ3) is 6.53. The van der Waals surface area contributed by atoms with Gasteiger partial charge in [0.05, 0.1) is 13.3 Å². The van der Waals surface area contributed by atoms with Gasteiger partial charge in [-0.2, -0.15) is 26.3 Å². The Bertz CT molecular complexity index is 1440. The Hall–Kier alpha value is -4.50. The fourth-order valence-electron chi connectivity index (χ4n) is 4.39. The van der Waals surface area contributed by atoms with Crippen LogP contribution in [-0.2, 0) is 46.2 Å². The van der Waals surface area contributed by atoms with Crippen LogP contribution in [0.5, 0.6) is 5.75 Å². The molecule has 15 heteroatoms. The molecule has 0 fully saturated rings. The average Bonchev–Trinajstić information content (AvgIpc) is 2.98. The topological polar surface area (TPSA) is 113 Å². The Morgan fingerprint density at radius 2 is 1.25 bits per heavy atom. The van der Waals surface area contributed by atoms with Gasteiger partial charge in [0, 0.05) is 37.5 Å². The van der Waals surface area contributed by atoms with Crippen LogP contribution in [0.3, 0.4) is 0 Å². The van der Waals surface area contributed by atoms with E-state index in [9.17, 15) is 40.7 Å². The Morgan fingerprint density at radius 3 is 1.66 bits per heavy atom. The van der Waals surface area contributed by atoms with Crippen LogP contribution < -0.4 is 10.1 Å². The average molecular weight is 629 g/mol. The first-order valence-electron chi connectivity index (χ1n) is 12.6. The minimum atomic E-state index is -5.26. The molecule has 236 valence electrons. The van der Waals surface area contributed by atoms with Gasteiger partial charge in [0.2, 0.25) is 0 Å². The third-order valence-corrected chi connectivity index (χ3v) is 6.59. The summed E-state index contributed by atoms with van der Waals surface area (Å²) in [7, 11) is 2.32. The molecule has 0 aliphatic heterocycles. The predicted octanol–water partition coefficient (Wildman–Crippen LogP) is 4.40. The quantitative estimate of drug-likeness (QED) is 0.246. The summed E-state index contributed by atoms with van der Waals surface area (Å²) in [5.74, 6) is -5.12. The molecule has 2 aromatic carbocycles. The highest BCUT2D eigenvalue weighted by molar-refractivity contribution is 5.91. The van der Waals surface area contributed by atoms with Gasteiger partial charge in [-0.3, -0.25) is 9.78 Å². The van der Waals surface area contributed by atoms with E-state index >= 15 is 0 Å². The molecule has 3 rings (SSSR count). The molecule has 0 spiro atoms. The number of pyridine rings is 1. The molecular weight excluding hydrogens is 602 g/mol. The second kappa shape index (κ2) is 13.4. The van der Waals surface area contributed by atoms with Gasteiger partial charge in [0.15, 0.2) is 0 Å². The number of alkyl halides is 6. The number of carbonyl (C=O) groups is 3. The van der Waals surface area contributed by atoms with Crippen LogP contribution in [0.1, 0.15) is 16.8 Å². The summed E-state index contributed by atoms with van der Waals surface area (Å²) in [5, 5.41) is 2.00. The highest BCUT2D eigenvalue weighted by atomic mass is 19.4. The Labute approximate surface area is 247 Å². The van der Waals surface area contributed by atoms with E-state index in [1.165, 1.54) is 36.4 Å². The minimum absolute atomic E-state index is 0.0351. The zero-order valence-corrected chi connectivity index (χ0v) is 23.4. The first-order chi connectivity index (χ1) is 20.7. The van der Waals surface area contributed by atoms with Crippen LogP contribution >= 0.6 is 0 Å². The molecule has 1 amide bonds. The lowest BCUT2D eigenvalue weighted by Crippen LogP contribution is -2.59. The van der Waals surface area contributed by atoms with Gasteiger partial charge in [-0.05, 0) is 12.1 Å². The summed E-state index contributed by atoms with van der Waals surface area (Å²) in [6.45, 7) is 0. The fraction of sp³-hybridized carbons (Fsp3) is 0.310. The molecule has 0 aliphatic carbocycles. The van der Waals surface area contributed by atoms with Gasteiger partial charge < -0.3 is 24.3 Å². The van der Waals surface area contributed by atoms with Crippen LogP contribution in [-0.4, -0.2) is 62.6 Å². The van der Waals surface area contributed by atoms with Crippen molar-refractivity contribution in [3.8, 4) is 5.75 Å². The summed E-state index contributed by atoms with van der Waals surface area (Å²) in [5.41, 5.74) is -8.09. The summed E-state index contributed by atoms with van der Waals surface area (Å²) in [6, 6.07) is 12.6. The largest absolute Gasteiger partial charge is 0.467 e. The number of methoxy groups -OCH3 is 3. The Balaban J connectivity index is 1.86. The number of nitrogens with one attached hydrogen (secondary N) is 1. The van der Waals surface area contributed by atoms with Crippen LogP contribution in [0.2, 0.25) is 0 Å². The van der Waals surface area contributed by atoms with Gasteiger partial charge in [-0.25, -0.2) is 9.59 Å². The molecule has 0 unspecified atom stereocenters. The Morgan fingerprint density at radius 1 is 0.750 bits per heavy atom. The number of halogens is 6. The number of ether oxygens (including phenoxy) is 4. The number of nitrogens with zero attached hydrogens (tertiary/aromatic N) is 1. The van der Waals surface area contributed by atoms with E-state index in [0.717, 1.165) is 49.7 Å². The number of carbonyl (C=O) groups excluding carboxylic acids is 3. The highest BCUT2D eigenvalue weighted by Gasteiger charge is 2.64. The lowest BCUT2D eigenvalue weighted by Gasteiger charge is -2.34. The van der Waals surface area contributed by atoms with Crippen molar-refractivity contribution in [1.29, 1.82) is 0 Å². The van der Waals surface area contributed by atoms with Gasteiger partial charge in [-0.15, -0.1) is 0 Å². The lowest BCUT2D eigenvalue weighted by molar-refractivity contribution is -0.272. The molecule has 0 saturated carbocycles. The molecule has 3 aromatic rings. The number of hydrogen-bond acceptors (Lipinski definition) is 8. The van der Waals surface area contributed by atoms with E-state index in [1.54, 1.807) is 0 Å². The molecule has 9 nitrogen and oxygen atoms in total. The molecule has 0 aliphatic rings. The number of esters is 2. The predicted molar refractivity (Wildman–Crippen MR) is 140 cm³/mol. The second-order valence-electron chi connectivity index (χ2n) is 9.13. The summed E-state index contributed by atoms with van der Waals surface area (Å²) in [4.78, 5) is 42.3. The molecule has 44 heavy (non-hydrogen) atoms. The standard InChI is InChI=1S/C29H26F6N2O7/c1-41-23(38)22(37-24(39)26(42-2,28(30,31)32)18-10-6-4-7-11-18)16-20-14-15-21(17-36-20)44-25(40)27(43-3,29(33,34)35)19-12-8-5-9-13-19/h4-15,17,22H,16H2,1-3H3,(H,37,39)/t22-,26-,27-/m0/s1. The number of hydrogen-bond donors (Lipinski definition) is 1. The van der Waals surface area contributed by atoms with E-state index in [-0.39, 0.29) is 5.69 Å². The molecule has 0 saturated heterocycles. The molecular formula is C29H26F6N2O7. The van der Waals surface area contributed by atoms with Crippen molar-refractivity contribution >= 4 is 17.8 Å². The van der Waals surface area contributed by atoms with Crippen LogP contribution in [0.25, 0.3) is 0 Å². The van der Waals surface area contributed by atoms with Crippen molar-refractivity contribution in [2.75, 3.05) is 21.3 Å². The van der Waals surface area contributed by atoms with Crippen molar-refractivity contribution < 1.29 is 59.7 Å². The first kappa shape index (κ1) is 34.0. The zero-order valence-electron chi connectivity index (χ0n) is 23.4. The van der Waals surface area contributed by atoms with Crippen molar-refractivity contribution in [3.05, 3.63) is 95.8 Å². The van der Waals surface area contributed by atoms with Crippen LogP contribution in [0.15, 0.2) is 79.0 Å². The summed E-state index contributed by atoms with van der Waals surface area (Å²) in [6.07, 6.45) is -10.2. The van der Waals surface area contributed by atoms with E-state index in [1.807, 2.05) is 5.32 Å². The van der Waals surface area contributed by atoms with Gasteiger partial charge >= 0.3 is 24.3 Å². The smallest absolute Gasteiger partial charge is 0.432 e. The molecule has 0 bridgehead atoms. The van der Waals surface area contributed by atoms with E-state index in [4.69, 9.17) is 9.47 Å². The molecule has 3 atom stereocenters. The molecule has 1 aromatic heterocycles. The molecule has 1 N–H and O–H groups in total. The number of rotatable bonds is 11. The monoisotopic (exact) mass is 628 g/mol. The van der Waals surface area contributed by atoms with Gasteiger partial charge in [0.25, 0.3) is 17.1 Å². The fourth-order valence-corrected chi connectivity index (χ4v) is 4.39. The normalized spacial score (nSPS) is 15.3. The number of benzene rings is 2. The van der Waals surface area contributed by atoms with E-state index in [2.05, 4.69) is 14.5 Å². The second-order valence-corrected chi connectivity index (χ2v) is 9.13. The zero-order chi connectivity index (χ0) is 32.8. The maximum absolute atomic E-state index is 14.3. The first-order valence-corrected chi connectivity index (χ1v) is 12.6. The maximum atomic E-state index is 14.3. The summed E-state index contributed by atoms with van der Waals surface area (Å²) >= 11 is 0. The van der Waals surface area contributed by atoms with Crippen molar-refractivity contribution in [1.82, 2.24) is 10.3 Å². The van der Waals surface area contributed by atoms with Gasteiger partial charge in [0.1, 0.15) is 11.8 Å². The van der Waals surface area contributed by atoms with E-state index < -0.39 is 70.7 Å². The lowest BCUT2D eigenvalue weighted by atomic mass is 9.91. The number of amides is 1. The molecule has 1 heterocycles. The van der Waals surface area contributed by atoms with Crippen LogP contribution in [0, 0.1) is 0 Å². The van der Waals surface area contributed by atoms with Crippen LogP contribution in [0.4, 0.5) is 26.3 Å². The summed E-state index contributed by atoms with van der Waals surface area (Å²) < 4.78 is 104. The van der Waals surface area contributed by atoms with Crippen molar-refractivity contribution in [2.45, 2.75) is 36.0 Å². The van der Waals surface area contributed by atoms with Crippen molar-refractivity contribution in [2.24, 2.45) is 0 Å². The molecule has 0 radical (unpaired) electrons. The van der Waals surface area contributed by atoms with Gasteiger partial charge in [-0.1, -0.05) is 60.7 Å². The Kier molecular flexibility index (Phi) is 10.4. The van der Waals surface area contributed by atoms with E-state index in [0.29, 0.717) is 14.2 Å². The minimum Gasteiger partial charge on any atom is -0.467 e. The number of aromatic nitrogens is 1. The maximum Gasteiger partial charge on any atom is 0.432 e. The third-order valence-electron chi connectivity index (χ3n) is 6.59. The highest BCUT2D eigenvalue weighted by Crippen LogP contribution is 2.44. The van der Waals surface area contributed by atoms with Crippen molar-refractivity contribution in [3.63, 3.8) is 0 Å². The SMILES string of the molecule is COC(=O)[C@H](Cc1ccc(OC(=O)[C@@](OC)(c2ccccc2)C(F)(F)F)cn1)NC(=O)[C@@](OC)(c1ccccc1)C(F)(F)F.